The first kappa shape index (κ1) is 18.0. The number of hydrogen-bond donors (Lipinski definition) is 1. The van der Waals surface area contributed by atoms with E-state index in [4.69, 9.17) is 0 Å². The Labute approximate surface area is 148 Å². The number of halogens is 4. The zero-order chi connectivity index (χ0) is 18.7. The summed E-state index contributed by atoms with van der Waals surface area (Å²) in [4.78, 5) is 0. The lowest BCUT2D eigenvalue weighted by molar-refractivity contribution is -0.153. The number of rotatable bonds is 4. The third-order valence-corrected chi connectivity index (χ3v) is 4.33. The van der Waals surface area contributed by atoms with Gasteiger partial charge in [-0.25, -0.2) is 4.39 Å². The van der Waals surface area contributed by atoms with Crippen LogP contribution in [0.25, 0.3) is 0 Å². The highest BCUT2D eigenvalue weighted by Crippen LogP contribution is 2.48. The number of alkyl halides is 3. The van der Waals surface area contributed by atoms with Gasteiger partial charge in [-0.2, -0.15) is 13.2 Å². The molecule has 3 aromatic carbocycles. The molecule has 3 rings (SSSR count). The van der Waals surface area contributed by atoms with Crippen LogP contribution in [0.5, 0.6) is 5.75 Å². The monoisotopic (exact) mass is 360 g/mol. The number of phenols is 1. The molecule has 0 spiro atoms. The average molecular weight is 360 g/mol. The molecule has 0 bridgehead atoms. The van der Waals surface area contributed by atoms with Gasteiger partial charge in [0.25, 0.3) is 0 Å². The van der Waals surface area contributed by atoms with Gasteiger partial charge in [-0.15, -0.1) is 0 Å². The lowest BCUT2D eigenvalue weighted by Crippen LogP contribution is -2.28. The molecule has 2 unspecified atom stereocenters. The van der Waals surface area contributed by atoms with E-state index in [2.05, 4.69) is 0 Å². The molecule has 0 amide bonds. The van der Waals surface area contributed by atoms with Gasteiger partial charge in [0.1, 0.15) is 11.6 Å². The first-order valence-electron chi connectivity index (χ1n) is 8.02. The fraction of sp³-hybridized carbons (Fsp3) is 0.143. The van der Waals surface area contributed by atoms with Crippen LogP contribution in [0.2, 0.25) is 0 Å². The van der Waals surface area contributed by atoms with Gasteiger partial charge in [0.15, 0.2) is 0 Å². The minimum atomic E-state index is -4.52. The molecule has 0 radical (unpaired) electrons. The first-order valence-corrected chi connectivity index (χ1v) is 8.02. The molecule has 134 valence electrons. The zero-order valence-corrected chi connectivity index (χ0v) is 13.6. The molecule has 1 nitrogen and oxygen atoms in total. The molecule has 26 heavy (non-hydrogen) atoms. The van der Waals surface area contributed by atoms with Crippen molar-refractivity contribution < 1.29 is 22.7 Å². The molecule has 0 saturated carbocycles. The summed E-state index contributed by atoms with van der Waals surface area (Å²) in [6, 6.07) is 18.3. The smallest absolute Gasteiger partial charge is 0.396 e. The van der Waals surface area contributed by atoms with Gasteiger partial charge in [0.05, 0.1) is 5.92 Å². The molecule has 5 heteroatoms. The summed E-state index contributed by atoms with van der Waals surface area (Å²) >= 11 is 0. The predicted octanol–water partition coefficient (Wildman–Crippen LogP) is 6.01. The summed E-state index contributed by atoms with van der Waals surface area (Å²) in [6.07, 6.45) is -4.52. The van der Waals surface area contributed by atoms with Crippen molar-refractivity contribution in [2.75, 3.05) is 0 Å². The molecule has 0 saturated heterocycles. The van der Waals surface area contributed by atoms with Crippen molar-refractivity contribution in [1.82, 2.24) is 0 Å². The van der Waals surface area contributed by atoms with Gasteiger partial charge >= 0.3 is 6.18 Å². The summed E-state index contributed by atoms with van der Waals surface area (Å²) in [5.41, 5.74) is 0.867. The van der Waals surface area contributed by atoms with E-state index in [9.17, 15) is 22.7 Å². The summed E-state index contributed by atoms with van der Waals surface area (Å²) in [6.45, 7) is 0. The molecule has 0 aliphatic heterocycles. The van der Waals surface area contributed by atoms with Crippen LogP contribution in [-0.2, 0) is 0 Å². The van der Waals surface area contributed by atoms with Gasteiger partial charge in [-0.3, -0.25) is 0 Å². The summed E-state index contributed by atoms with van der Waals surface area (Å²) in [7, 11) is 0. The average Bonchev–Trinajstić information content (AvgIpc) is 2.61. The van der Waals surface area contributed by atoms with E-state index in [0.717, 1.165) is 12.1 Å². The van der Waals surface area contributed by atoms with Gasteiger partial charge < -0.3 is 5.11 Å². The van der Waals surface area contributed by atoms with E-state index in [1.54, 1.807) is 18.2 Å². The topological polar surface area (TPSA) is 20.2 Å². The van der Waals surface area contributed by atoms with Crippen LogP contribution in [0, 0.1) is 5.82 Å². The maximum atomic E-state index is 14.1. The van der Waals surface area contributed by atoms with E-state index in [1.165, 1.54) is 48.5 Å². The van der Waals surface area contributed by atoms with Crippen LogP contribution >= 0.6 is 0 Å². The third-order valence-electron chi connectivity index (χ3n) is 4.33. The van der Waals surface area contributed by atoms with Gasteiger partial charge in [0.2, 0.25) is 0 Å². The number of benzene rings is 3. The normalized spacial score (nSPS) is 14.0. The van der Waals surface area contributed by atoms with E-state index in [0.29, 0.717) is 11.1 Å². The number of hydrogen-bond acceptors (Lipinski definition) is 1. The molecule has 0 aromatic heterocycles. The molecule has 3 aromatic rings. The molecule has 0 fully saturated rings. The van der Waals surface area contributed by atoms with Crippen LogP contribution in [0.1, 0.15) is 28.5 Å². The molecule has 1 N–H and O–H groups in total. The van der Waals surface area contributed by atoms with Crippen LogP contribution in [-0.4, -0.2) is 11.3 Å². The minimum Gasteiger partial charge on any atom is -0.508 e. The highest BCUT2D eigenvalue weighted by atomic mass is 19.4. The van der Waals surface area contributed by atoms with Crippen molar-refractivity contribution in [2.45, 2.75) is 18.0 Å². The largest absolute Gasteiger partial charge is 0.508 e. The fourth-order valence-corrected chi connectivity index (χ4v) is 3.16. The van der Waals surface area contributed by atoms with Crippen molar-refractivity contribution >= 4 is 0 Å². The third kappa shape index (κ3) is 3.87. The Morgan fingerprint density at radius 3 is 1.65 bits per heavy atom. The van der Waals surface area contributed by atoms with E-state index >= 15 is 0 Å². The predicted molar refractivity (Wildman–Crippen MR) is 91.6 cm³/mol. The lowest BCUT2D eigenvalue weighted by Gasteiger charge is -2.30. The second-order valence-corrected chi connectivity index (χ2v) is 6.05. The Morgan fingerprint density at radius 1 is 0.654 bits per heavy atom. The number of phenolic OH excluding ortho intramolecular Hbond substituents is 1. The molecular formula is C21H16F4O. The Balaban J connectivity index is 2.19. The Morgan fingerprint density at radius 2 is 1.15 bits per heavy atom. The maximum absolute atomic E-state index is 14.1. The second-order valence-electron chi connectivity index (χ2n) is 6.05. The van der Waals surface area contributed by atoms with Crippen molar-refractivity contribution in [1.29, 1.82) is 0 Å². The SMILES string of the molecule is Oc1ccc(C(c2ccc(F)cc2)C(c2ccccc2)C(F)(F)F)cc1. The van der Waals surface area contributed by atoms with Gasteiger partial charge in [-0.1, -0.05) is 54.6 Å². The number of aromatic hydroxyl groups is 1. The Kier molecular flexibility index (Phi) is 4.98. The van der Waals surface area contributed by atoms with Crippen LogP contribution in [0.15, 0.2) is 78.9 Å². The maximum Gasteiger partial charge on any atom is 0.396 e. The summed E-state index contributed by atoms with van der Waals surface area (Å²) < 4.78 is 55.5. The van der Waals surface area contributed by atoms with Crippen molar-refractivity contribution in [3.63, 3.8) is 0 Å². The quantitative estimate of drug-likeness (QED) is 0.565. The van der Waals surface area contributed by atoms with E-state index in [1.807, 2.05) is 0 Å². The molecule has 0 aliphatic rings. The lowest BCUT2D eigenvalue weighted by atomic mass is 9.76. The highest BCUT2D eigenvalue weighted by molar-refractivity contribution is 5.41. The van der Waals surface area contributed by atoms with Crippen LogP contribution in [0.3, 0.4) is 0 Å². The minimum absolute atomic E-state index is 0.0325. The van der Waals surface area contributed by atoms with Crippen molar-refractivity contribution in [3.8, 4) is 5.75 Å². The van der Waals surface area contributed by atoms with Gasteiger partial charge in [0, 0.05) is 5.92 Å². The van der Waals surface area contributed by atoms with Gasteiger partial charge in [-0.05, 0) is 41.0 Å². The Bertz CT molecular complexity index is 794. The summed E-state index contributed by atoms with van der Waals surface area (Å²) in [5, 5.41) is 9.49. The van der Waals surface area contributed by atoms with Crippen LogP contribution < -0.4 is 0 Å². The van der Waals surface area contributed by atoms with Crippen molar-refractivity contribution in [2.24, 2.45) is 0 Å². The molecular weight excluding hydrogens is 344 g/mol. The molecule has 2 atom stereocenters. The molecule has 0 heterocycles. The van der Waals surface area contributed by atoms with Crippen LogP contribution in [0.4, 0.5) is 17.6 Å². The standard InChI is InChI=1S/C21H16F4O/c22-17-10-6-14(7-11-17)19(15-8-12-18(26)13-9-15)20(21(23,24)25)16-4-2-1-3-5-16/h1-13,19-20,26H. The van der Waals surface area contributed by atoms with E-state index < -0.39 is 23.8 Å². The van der Waals surface area contributed by atoms with E-state index in [-0.39, 0.29) is 11.3 Å². The zero-order valence-electron chi connectivity index (χ0n) is 13.6. The summed E-state index contributed by atoms with van der Waals surface area (Å²) in [5.74, 6) is -3.42. The fourth-order valence-electron chi connectivity index (χ4n) is 3.16. The second kappa shape index (κ2) is 7.20. The Hall–Kier alpha value is -2.82. The molecule has 0 aliphatic carbocycles. The first-order chi connectivity index (χ1) is 12.4. The van der Waals surface area contributed by atoms with Crippen molar-refractivity contribution in [3.05, 3.63) is 101 Å². The highest BCUT2D eigenvalue weighted by Gasteiger charge is 2.46.